The van der Waals surface area contributed by atoms with Gasteiger partial charge in [0.1, 0.15) is 12.4 Å². The molecule has 3 rings (SSSR count). The van der Waals surface area contributed by atoms with Crippen LogP contribution in [0.3, 0.4) is 0 Å². The number of hydrogen-bond acceptors (Lipinski definition) is 4. The molecule has 8 heteroatoms. The summed E-state index contributed by atoms with van der Waals surface area (Å²) in [6.45, 7) is 2.44. The fraction of sp³-hybridized carbons (Fsp3) is 0.381. The zero-order valence-corrected chi connectivity index (χ0v) is 16.4. The van der Waals surface area contributed by atoms with Crippen LogP contribution >= 0.6 is 0 Å². The standard InChI is InChI=1S/C21H25FN4O3/c1-25-10-2-3-15(12-25)11-23-19(27)14-26-13-16(4-9-20(26)28)21(29)24-18-7-5-17(22)6-8-18/h4-9,13,15H,2-3,10-12,14H2,1H3,(H,23,27)(H,24,29). The molecule has 1 atom stereocenters. The highest BCUT2D eigenvalue weighted by molar-refractivity contribution is 6.04. The lowest BCUT2D eigenvalue weighted by Gasteiger charge is -2.29. The predicted molar refractivity (Wildman–Crippen MR) is 108 cm³/mol. The second-order valence-electron chi connectivity index (χ2n) is 7.42. The smallest absolute Gasteiger partial charge is 0.257 e. The Morgan fingerprint density at radius 1 is 1.17 bits per heavy atom. The molecule has 0 aliphatic carbocycles. The molecule has 1 aromatic heterocycles. The van der Waals surface area contributed by atoms with Crippen molar-refractivity contribution in [2.75, 3.05) is 32.0 Å². The quantitative estimate of drug-likeness (QED) is 0.773. The molecule has 0 radical (unpaired) electrons. The third kappa shape index (κ3) is 5.99. The fourth-order valence-electron chi connectivity index (χ4n) is 3.43. The number of halogens is 1. The van der Waals surface area contributed by atoms with Crippen molar-refractivity contribution in [3.05, 3.63) is 64.3 Å². The number of nitrogens with zero attached hydrogens (tertiary/aromatic N) is 2. The summed E-state index contributed by atoms with van der Waals surface area (Å²) in [5, 5.41) is 5.51. The molecule has 2 amide bonds. The maximum atomic E-state index is 13.0. The Labute approximate surface area is 168 Å². The molecule has 1 aliphatic heterocycles. The molecule has 2 aromatic rings. The van der Waals surface area contributed by atoms with Crippen LogP contribution in [-0.4, -0.2) is 48.0 Å². The van der Waals surface area contributed by atoms with Crippen molar-refractivity contribution >= 4 is 17.5 Å². The number of benzene rings is 1. The number of likely N-dealkylation sites (tertiary alicyclic amines) is 1. The molecular formula is C21H25FN4O3. The van der Waals surface area contributed by atoms with Crippen LogP contribution in [0.4, 0.5) is 10.1 Å². The Bertz CT molecular complexity index is 926. The third-order valence-corrected chi connectivity index (χ3v) is 4.97. The average Bonchev–Trinajstić information content (AvgIpc) is 2.70. The zero-order chi connectivity index (χ0) is 20.8. The molecule has 154 valence electrons. The average molecular weight is 400 g/mol. The van der Waals surface area contributed by atoms with Crippen molar-refractivity contribution in [1.82, 2.24) is 14.8 Å². The SMILES string of the molecule is CN1CCCC(CNC(=O)Cn2cc(C(=O)Nc3ccc(F)cc3)ccc2=O)C1. The van der Waals surface area contributed by atoms with Crippen LogP contribution in [0, 0.1) is 11.7 Å². The summed E-state index contributed by atoms with van der Waals surface area (Å²) in [6.07, 6.45) is 3.54. The molecule has 29 heavy (non-hydrogen) atoms. The summed E-state index contributed by atoms with van der Waals surface area (Å²) in [4.78, 5) is 39.0. The summed E-state index contributed by atoms with van der Waals surface area (Å²) >= 11 is 0. The lowest BCUT2D eigenvalue weighted by molar-refractivity contribution is -0.122. The van der Waals surface area contributed by atoms with E-state index >= 15 is 0 Å². The van der Waals surface area contributed by atoms with Crippen LogP contribution in [0.15, 0.2) is 47.4 Å². The van der Waals surface area contributed by atoms with Crippen LogP contribution < -0.4 is 16.2 Å². The van der Waals surface area contributed by atoms with E-state index in [1.807, 2.05) is 0 Å². The van der Waals surface area contributed by atoms with Gasteiger partial charge in [0, 0.05) is 31.0 Å². The first-order valence-corrected chi connectivity index (χ1v) is 9.63. The van der Waals surface area contributed by atoms with Gasteiger partial charge in [-0.1, -0.05) is 0 Å². The highest BCUT2D eigenvalue weighted by atomic mass is 19.1. The number of nitrogens with one attached hydrogen (secondary N) is 2. The normalized spacial score (nSPS) is 17.0. The van der Waals surface area contributed by atoms with Crippen molar-refractivity contribution in [3.63, 3.8) is 0 Å². The number of rotatable bonds is 6. The van der Waals surface area contributed by atoms with Gasteiger partial charge in [-0.3, -0.25) is 14.4 Å². The van der Waals surface area contributed by atoms with Crippen molar-refractivity contribution in [1.29, 1.82) is 0 Å². The van der Waals surface area contributed by atoms with Crippen molar-refractivity contribution in [2.24, 2.45) is 5.92 Å². The van der Waals surface area contributed by atoms with E-state index in [1.54, 1.807) is 0 Å². The number of aromatic nitrogens is 1. The van der Waals surface area contributed by atoms with E-state index in [0.29, 0.717) is 18.2 Å². The van der Waals surface area contributed by atoms with E-state index < -0.39 is 11.7 Å². The second kappa shape index (κ2) is 9.47. The largest absolute Gasteiger partial charge is 0.354 e. The van der Waals surface area contributed by atoms with E-state index in [0.717, 1.165) is 25.9 Å². The van der Waals surface area contributed by atoms with Gasteiger partial charge in [0.15, 0.2) is 0 Å². The lowest BCUT2D eigenvalue weighted by atomic mass is 9.98. The Kier molecular flexibility index (Phi) is 6.77. The van der Waals surface area contributed by atoms with Gasteiger partial charge in [0.05, 0.1) is 5.56 Å². The lowest BCUT2D eigenvalue weighted by Crippen LogP contribution is -2.40. The highest BCUT2D eigenvalue weighted by Crippen LogP contribution is 2.14. The third-order valence-electron chi connectivity index (χ3n) is 4.97. The first-order valence-electron chi connectivity index (χ1n) is 9.63. The Hall–Kier alpha value is -3.00. The van der Waals surface area contributed by atoms with Crippen LogP contribution in [-0.2, 0) is 11.3 Å². The zero-order valence-electron chi connectivity index (χ0n) is 16.4. The maximum Gasteiger partial charge on any atom is 0.257 e. The molecule has 0 saturated carbocycles. The molecular weight excluding hydrogens is 375 g/mol. The van der Waals surface area contributed by atoms with Gasteiger partial charge in [-0.15, -0.1) is 0 Å². The molecule has 0 spiro atoms. The van der Waals surface area contributed by atoms with Crippen LogP contribution in [0.5, 0.6) is 0 Å². The van der Waals surface area contributed by atoms with Gasteiger partial charge < -0.3 is 20.1 Å². The number of pyridine rings is 1. The van der Waals surface area contributed by atoms with Gasteiger partial charge >= 0.3 is 0 Å². The van der Waals surface area contributed by atoms with E-state index in [2.05, 4.69) is 22.6 Å². The first-order chi connectivity index (χ1) is 13.9. The number of carbonyl (C=O) groups is 2. The van der Waals surface area contributed by atoms with Crippen molar-refractivity contribution in [3.8, 4) is 0 Å². The van der Waals surface area contributed by atoms with Gasteiger partial charge in [-0.05, 0) is 62.7 Å². The van der Waals surface area contributed by atoms with Crippen LogP contribution in [0.2, 0.25) is 0 Å². The van der Waals surface area contributed by atoms with Gasteiger partial charge in [0.2, 0.25) is 5.91 Å². The summed E-state index contributed by atoms with van der Waals surface area (Å²) in [7, 11) is 2.07. The molecule has 2 N–H and O–H groups in total. The molecule has 1 aromatic carbocycles. The Morgan fingerprint density at radius 2 is 1.93 bits per heavy atom. The minimum Gasteiger partial charge on any atom is -0.354 e. The minimum atomic E-state index is -0.448. The highest BCUT2D eigenvalue weighted by Gasteiger charge is 2.18. The number of hydrogen-bond donors (Lipinski definition) is 2. The van der Waals surface area contributed by atoms with Gasteiger partial charge in [-0.2, -0.15) is 0 Å². The molecule has 1 aliphatic rings. The van der Waals surface area contributed by atoms with Gasteiger partial charge in [0.25, 0.3) is 11.5 Å². The van der Waals surface area contributed by atoms with E-state index in [1.165, 1.54) is 47.2 Å². The van der Waals surface area contributed by atoms with E-state index in [9.17, 15) is 18.8 Å². The summed E-state index contributed by atoms with van der Waals surface area (Å²) in [5.74, 6) is -0.711. The van der Waals surface area contributed by atoms with E-state index in [4.69, 9.17) is 0 Å². The van der Waals surface area contributed by atoms with Gasteiger partial charge in [-0.25, -0.2) is 4.39 Å². The monoisotopic (exact) mass is 400 g/mol. The molecule has 7 nitrogen and oxygen atoms in total. The van der Waals surface area contributed by atoms with Crippen LogP contribution in [0.25, 0.3) is 0 Å². The number of piperidine rings is 1. The number of carbonyl (C=O) groups excluding carboxylic acids is 2. The Morgan fingerprint density at radius 3 is 2.66 bits per heavy atom. The molecule has 0 bridgehead atoms. The fourth-order valence-corrected chi connectivity index (χ4v) is 3.43. The molecule has 1 fully saturated rings. The number of anilines is 1. The molecule has 1 unspecified atom stereocenters. The summed E-state index contributed by atoms with van der Waals surface area (Å²) < 4.78 is 14.2. The number of amides is 2. The second-order valence-corrected chi connectivity index (χ2v) is 7.42. The molecule has 2 heterocycles. The van der Waals surface area contributed by atoms with Crippen molar-refractivity contribution < 1.29 is 14.0 Å². The van der Waals surface area contributed by atoms with E-state index in [-0.39, 0.29) is 23.6 Å². The first kappa shape index (κ1) is 20.7. The summed E-state index contributed by atoms with van der Waals surface area (Å²) in [6, 6.07) is 8.02. The maximum absolute atomic E-state index is 13.0. The Balaban J connectivity index is 1.59. The topological polar surface area (TPSA) is 83.4 Å². The summed E-state index contributed by atoms with van der Waals surface area (Å²) in [5.41, 5.74) is 0.302. The minimum absolute atomic E-state index is 0.154. The predicted octanol–water partition coefficient (Wildman–Crippen LogP) is 1.70. The van der Waals surface area contributed by atoms with Crippen molar-refractivity contribution in [2.45, 2.75) is 19.4 Å². The molecule has 1 saturated heterocycles. The van der Waals surface area contributed by atoms with Crippen LogP contribution in [0.1, 0.15) is 23.2 Å².